The number of carbonyl (C=O) groups is 3. The molecule has 0 fully saturated rings. The number of aliphatic carboxylic acids is 1. The number of hydrogen-bond acceptors (Lipinski definition) is 6. The summed E-state index contributed by atoms with van der Waals surface area (Å²) in [5.41, 5.74) is 4.47. The van der Waals surface area contributed by atoms with Crippen molar-refractivity contribution in [3.05, 3.63) is 77.2 Å². The first kappa shape index (κ1) is 22.1. The Kier molecular flexibility index (Phi) is 6.12. The highest BCUT2D eigenvalue weighted by molar-refractivity contribution is 5.94. The third-order valence-corrected chi connectivity index (χ3v) is 5.79. The number of carboxylic acids is 1. The van der Waals surface area contributed by atoms with Crippen LogP contribution in [0.25, 0.3) is 11.1 Å². The first-order valence-electron chi connectivity index (χ1n) is 10.4. The van der Waals surface area contributed by atoms with Crippen molar-refractivity contribution in [2.75, 3.05) is 13.7 Å². The normalized spacial score (nSPS) is 13.0. The van der Waals surface area contributed by atoms with Crippen molar-refractivity contribution in [3.8, 4) is 11.1 Å². The van der Waals surface area contributed by atoms with Gasteiger partial charge in [0.15, 0.2) is 11.5 Å². The van der Waals surface area contributed by atoms with E-state index in [1.807, 2.05) is 36.4 Å². The van der Waals surface area contributed by atoms with Gasteiger partial charge in [0.05, 0.1) is 6.54 Å². The van der Waals surface area contributed by atoms with Crippen LogP contribution >= 0.6 is 0 Å². The number of nitrogens with zero attached hydrogens (tertiary/aromatic N) is 2. The lowest BCUT2D eigenvalue weighted by Crippen LogP contribution is -2.40. The molecule has 1 aromatic heterocycles. The van der Waals surface area contributed by atoms with Gasteiger partial charge in [-0.3, -0.25) is 4.79 Å². The number of rotatable bonds is 7. The molecule has 0 spiro atoms. The molecule has 9 nitrogen and oxygen atoms in total. The van der Waals surface area contributed by atoms with Crippen LogP contribution in [-0.4, -0.2) is 52.8 Å². The summed E-state index contributed by atoms with van der Waals surface area (Å²) in [7, 11) is 1.37. The lowest BCUT2D eigenvalue weighted by Gasteiger charge is -2.19. The molecular formula is C24H23N3O6. The SMILES string of the molecule is CC(C(=O)O)N(C)C(=O)c1cc(CNC(=O)OCC2c3ccccc3-c3ccccc32)on1. The van der Waals surface area contributed by atoms with Gasteiger partial charge in [-0.25, -0.2) is 9.59 Å². The fourth-order valence-electron chi connectivity index (χ4n) is 3.83. The molecule has 1 unspecified atom stereocenters. The minimum Gasteiger partial charge on any atom is -0.480 e. The second kappa shape index (κ2) is 9.15. The number of carboxylic acid groups (broad SMARTS) is 1. The average molecular weight is 449 g/mol. The maximum atomic E-state index is 12.3. The Balaban J connectivity index is 1.33. The predicted octanol–water partition coefficient (Wildman–Crippen LogP) is 3.26. The molecule has 1 atom stereocenters. The van der Waals surface area contributed by atoms with Crippen molar-refractivity contribution >= 4 is 18.0 Å². The van der Waals surface area contributed by atoms with Gasteiger partial charge in [-0.15, -0.1) is 0 Å². The molecular weight excluding hydrogens is 426 g/mol. The van der Waals surface area contributed by atoms with E-state index in [-0.39, 0.29) is 30.5 Å². The summed E-state index contributed by atoms with van der Waals surface area (Å²) in [4.78, 5) is 36.7. The first-order valence-corrected chi connectivity index (χ1v) is 10.4. The van der Waals surface area contributed by atoms with Gasteiger partial charge in [0, 0.05) is 19.0 Å². The second-order valence-corrected chi connectivity index (χ2v) is 7.79. The first-order chi connectivity index (χ1) is 15.9. The van der Waals surface area contributed by atoms with E-state index in [0.717, 1.165) is 27.2 Å². The molecule has 2 amide bonds. The Bertz CT molecular complexity index is 1160. The van der Waals surface area contributed by atoms with E-state index in [0.29, 0.717) is 0 Å². The number of aromatic nitrogens is 1. The van der Waals surface area contributed by atoms with E-state index in [1.54, 1.807) is 0 Å². The number of fused-ring (bicyclic) bond motifs is 3. The van der Waals surface area contributed by atoms with E-state index < -0.39 is 24.0 Å². The third-order valence-electron chi connectivity index (χ3n) is 5.79. The molecule has 1 aliphatic rings. The predicted molar refractivity (Wildman–Crippen MR) is 118 cm³/mol. The summed E-state index contributed by atoms with van der Waals surface area (Å²) >= 11 is 0. The number of benzene rings is 2. The van der Waals surface area contributed by atoms with Gasteiger partial charge < -0.3 is 24.6 Å². The van der Waals surface area contributed by atoms with E-state index in [2.05, 4.69) is 22.6 Å². The Morgan fingerprint density at radius 2 is 1.73 bits per heavy atom. The van der Waals surface area contributed by atoms with Crippen LogP contribution < -0.4 is 5.32 Å². The van der Waals surface area contributed by atoms with Gasteiger partial charge in [0.25, 0.3) is 5.91 Å². The van der Waals surface area contributed by atoms with E-state index >= 15 is 0 Å². The lowest BCUT2D eigenvalue weighted by molar-refractivity contribution is -0.141. The fourth-order valence-corrected chi connectivity index (χ4v) is 3.83. The van der Waals surface area contributed by atoms with E-state index in [9.17, 15) is 14.4 Å². The largest absolute Gasteiger partial charge is 0.480 e. The molecule has 9 heteroatoms. The summed E-state index contributed by atoms with van der Waals surface area (Å²) in [6.45, 7) is 1.53. The maximum Gasteiger partial charge on any atom is 0.407 e. The molecule has 0 saturated heterocycles. The topological polar surface area (TPSA) is 122 Å². The van der Waals surface area contributed by atoms with Crippen LogP contribution in [0, 0.1) is 0 Å². The molecule has 2 aromatic carbocycles. The molecule has 0 bridgehead atoms. The molecule has 0 saturated carbocycles. The van der Waals surface area contributed by atoms with E-state index in [4.69, 9.17) is 14.4 Å². The van der Waals surface area contributed by atoms with Gasteiger partial charge in [-0.05, 0) is 29.2 Å². The van der Waals surface area contributed by atoms with Gasteiger partial charge in [-0.2, -0.15) is 0 Å². The monoisotopic (exact) mass is 449 g/mol. The zero-order valence-corrected chi connectivity index (χ0v) is 18.1. The average Bonchev–Trinajstić information content (AvgIpc) is 3.43. The second-order valence-electron chi connectivity index (χ2n) is 7.79. The number of nitrogens with one attached hydrogen (secondary N) is 1. The minimum atomic E-state index is -1.13. The minimum absolute atomic E-state index is 0.0326. The molecule has 0 radical (unpaired) electrons. The Labute approximate surface area is 189 Å². The number of hydrogen-bond donors (Lipinski definition) is 2. The van der Waals surface area contributed by atoms with E-state index in [1.165, 1.54) is 20.0 Å². The van der Waals surface area contributed by atoms with Crippen LogP contribution in [0.4, 0.5) is 4.79 Å². The highest BCUT2D eigenvalue weighted by Crippen LogP contribution is 2.44. The van der Waals surface area contributed by atoms with Crippen LogP contribution in [0.5, 0.6) is 0 Å². The quantitative estimate of drug-likeness (QED) is 0.568. The Morgan fingerprint density at radius 1 is 1.12 bits per heavy atom. The molecule has 1 aliphatic carbocycles. The standard InChI is InChI=1S/C24H23N3O6/c1-14(23(29)30)27(2)22(28)21-11-15(33-26-21)12-25-24(31)32-13-20-18-9-5-3-7-16(18)17-8-4-6-10-19(17)20/h3-11,14,20H,12-13H2,1-2H3,(H,25,31)(H,29,30). The van der Waals surface area contributed by atoms with Crippen LogP contribution in [0.15, 0.2) is 59.1 Å². The van der Waals surface area contributed by atoms with Crippen LogP contribution in [-0.2, 0) is 16.1 Å². The highest BCUT2D eigenvalue weighted by atomic mass is 16.5. The molecule has 33 heavy (non-hydrogen) atoms. The summed E-state index contributed by atoms with van der Waals surface area (Å²) in [6.07, 6.45) is -0.627. The number of alkyl carbamates (subject to hydrolysis) is 1. The zero-order valence-electron chi connectivity index (χ0n) is 18.1. The Hall–Kier alpha value is -4.14. The molecule has 170 valence electrons. The zero-order chi connectivity index (χ0) is 23.5. The van der Waals surface area contributed by atoms with Gasteiger partial charge in [-0.1, -0.05) is 53.7 Å². The number of amides is 2. The highest BCUT2D eigenvalue weighted by Gasteiger charge is 2.29. The van der Waals surface area contributed by atoms with Gasteiger partial charge >= 0.3 is 12.1 Å². The van der Waals surface area contributed by atoms with Crippen LogP contribution in [0.1, 0.15) is 40.2 Å². The van der Waals surface area contributed by atoms with Gasteiger partial charge in [0.2, 0.25) is 0 Å². The molecule has 2 N–H and O–H groups in total. The Morgan fingerprint density at radius 3 is 2.33 bits per heavy atom. The summed E-state index contributed by atoms with van der Waals surface area (Å²) in [6, 6.07) is 16.5. The summed E-state index contributed by atoms with van der Waals surface area (Å²) in [5, 5.41) is 15.3. The fraction of sp³-hybridized carbons (Fsp3) is 0.250. The molecule has 4 rings (SSSR count). The summed E-state index contributed by atoms with van der Waals surface area (Å²) < 4.78 is 10.5. The smallest absolute Gasteiger partial charge is 0.407 e. The van der Waals surface area contributed by atoms with Crippen molar-refractivity contribution in [1.29, 1.82) is 0 Å². The van der Waals surface area contributed by atoms with Crippen LogP contribution in [0.3, 0.4) is 0 Å². The third kappa shape index (κ3) is 4.43. The summed E-state index contributed by atoms with van der Waals surface area (Å²) in [5.74, 6) is -1.54. The number of ether oxygens (including phenoxy) is 1. The van der Waals surface area contributed by atoms with Crippen molar-refractivity contribution in [2.24, 2.45) is 0 Å². The van der Waals surface area contributed by atoms with Crippen LogP contribution in [0.2, 0.25) is 0 Å². The molecule has 0 aliphatic heterocycles. The van der Waals surface area contributed by atoms with Crippen molar-refractivity contribution in [2.45, 2.75) is 25.4 Å². The lowest BCUT2D eigenvalue weighted by atomic mass is 9.98. The van der Waals surface area contributed by atoms with Crippen molar-refractivity contribution in [3.63, 3.8) is 0 Å². The number of carbonyl (C=O) groups excluding carboxylic acids is 2. The molecule has 1 heterocycles. The number of likely N-dealkylation sites (N-methyl/N-ethyl adjacent to an activating group) is 1. The van der Waals surface area contributed by atoms with Gasteiger partial charge in [0.1, 0.15) is 12.6 Å². The maximum absolute atomic E-state index is 12.3. The van der Waals surface area contributed by atoms with Crippen molar-refractivity contribution < 1.29 is 28.8 Å². The van der Waals surface area contributed by atoms with Crippen molar-refractivity contribution in [1.82, 2.24) is 15.4 Å². The molecule has 3 aromatic rings.